The van der Waals surface area contributed by atoms with E-state index in [1.807, 2.05) is 12.1 Å². The quantitative estimate of drug-likeness (QED) is 0.412. The summed E-state index contributed by atoms with van der Waals surface area (Å²) in [6, 6.07) is 11.6. The van der Waals surface area contributed by atoms with E-state index in [2.05, 4.69) is 5.32 Å². The van der Waals surface area contributed by atoms with Crippen LogP contribution in [0.2, 0.25) is 5.02 Å². The molecule has 1 aliphatic heterocycles. The summed E-state index contributed by atoms with van der Waals surface area (Å²) in [4.78, 5) is 28.3. The van der Waals surface area contributed by atoms with Crippen molar-refractivity contribution in [2.75, 3.05) is 30.3 Å². The number of amides is 2. The molecule has 0 bridgehead atoms. The molecule has 4 rings (SSSR count). The minimum atomic E-state index is -3.63. The summed E-state index contributed by atoms with van der Waals surface area (Å²) < 4.78 is 37.7. The number of benzene rings is 2. The van der Waals surface area contributed by atoms with E-state index in [1.54, 1.807) is 42.2 Å². The normalized spacial score (nSPS) is 16.2. The Hall–Kier alpha value is -2.98. The third-order valence-electron chi connectivity index (χ3n) is 7.33. The lowest BCUT2D eigenvalue weighted by atomic mass is 9.95. The summed E-state index contributed by atoms with van der Waals surface area (Å²) in [7, 11) is -3.63. The van der Waals surface area contributed by atoms with Crippen LogP contribution in [0, 0.1) is 0 Å². The van der Waals surface area contributed by atoms with E-state index in [9.17, 15) is 18.0 Å². The Labute approximate surface area is 241 Å². The molecule has 1 heterocycles. The van der Waals surface area contributed by atoms with Crippen LogP contribution in [0.25, 0.3) is 0 Å². The lowest BCUT2D eigenvalue weighted by Crippen LogP contribution is -2.50. The first-order valence-corrected chi connectivity index (χ1v) is 16.1. The monoisotopic (exact) mass is 591 g/mol. The van der Waals surface area contributed by atoms with Crippen molar-refractivity contribution < 1.29 is 27.5 Å². The van der Waals surface area contributed by atoms with Gasteiger partial charge in [0.2, 0.25) is 21.8 Å². The molecule has 2 aliphatic rings. The van der Waals surface area contributed by atoms with Gasteiger partial charge in [-0.25, -0.2) is 8.42 Å². The van der Waals surface area contributed by atoms with Crippen LogP contribution in [-0.2, 0) is 26.2 Å². The molecule has 1 aliphatic carbocycles. The number of rotatable bonds is 11. The summed E-state index contributed by atoms with van der Waals surface area (Å²) in [6.45, 7) is 2.87. The molecule has 2 aromatic carbocycles. The third kappa shape index (κ3) is 8.04. The zero-order valence-corrected chi connectivity index (χ0v) is 24.7. The minimum absolute atomic E-state index is 0.0676. The predicted molar refractivity (Wildman–Crippen MR) is 155 cm³/mol. The number of ether oxygens (including phenoxy) is 2. The first-order valence-electron chi connectivity index (χ1n) is 13.8. The number of nitrogens with one attached hydrogen (secondary N) is 1. The van der Waals surface area contributed by atoms with E-state index in [0.29, 0.717) is 35.4 Å². The summed E-state index contributed by atoms with van der Waals surface area (Å²) in [6.07, 6.45) is 6.72. The molecule has 0 saturated heterocycles. The fraction of sp³-hybridized carbons (Fsp3) is 0.517. The van der Waals surface area contributed by atoms with Crippen molar-refractivity contribution in [2.45, 2.75) is 70.5 Å². The smallest absolute Gasteiger partial charge is 0.242 e. The summed E-state index contributed by atoms with van der Waals surface area (Å²) in [5, 5.41) is 3.67. The van der Waals surface area contributed by atoms with Gasteiger partial charge < -0.3 is 19.7 Å². The lowest BCUT2D eigenvalue weighted by molar-refractivity contribution is -0.141. The summed E-state index contributed by atoms with van der Waals surface area (Å²) in [5.41, 5.74) is 1.25. The van der Waals surface area contributed by atoms with Crippen molar-refractivity contribution in [3.05, 3.63) is 53.1 Å². The maximum absolute atomic E-state index is 13.5. The number of hydrogen-bond acceptors (Lipinski definition) is 6. The highest BCUT2D eigenvalue weighted by Crippen LogP contribution is 2.35. The van der Waals surface area contributed by atoms with Gasteiger partial charge in [-0.05, 0) is 56.0 Å². The van der Waals surface area contributed by atoms with E-state index in [4.69, 9.17) is 21.1 Å². The molecule has 0 aromatic heterocycles. The second-order valence-electron chi connectivity index (χ2n) is 10.4. The van der Waals surface area contributed by atoms with Crippen LogP contribution < -0.4 is 19.1 Å². The lowest BCUT2D eigenvalue weighted by Gasteiger charge is -2.31. The molecule has 11 heteroatoms. The topological polar surface area (TPSA) is 105 Å². The van der Waals surface area contributed by atoms with E-state index < -0.39 is 16.1 Å². The molecule has 40 heavy (non-hydrogen) atoms. The van der Waals surface area contributed by atoms with Crippen molar-refractivity contribution in [3.63, 3.8) is 0 Å². The van der Waals surface area contributed by atoms with Gasteiger partial charge in [0.25, 0.3) is 0 Å². The summed E-state index contributed by atoms with van der Waals surface area (Å²) in [5.74, 6) is 0.632. The van der Waals surface area contributed by atoms with Gasteiger partial charge in [0.1, 0.15) is 19.3 Å². The second-order valence-corrected chi connectivity index (χ2v) is 12.8. The number of fused-ring (bicyclic) bond motifs is 1. The standard InChI is InChI=1S/C29H38ClN3O6S/c1-21(29(35)31-24-10-4-3-5-11-24)32(20-22-8-6-9-23(30)18-22)28(34)12-7-15-33(40(2,36)37)25-13-14-26-27(19-25)39-17-16-38-26/h6,8-9,13-14,18-19,21,24H,3-5,7,10-12,15-17,20H2,1-2H3,(H,31,35)/t21-/m0/s1. The molecular formula is C29H38ClN3O6S. The average Bonchev–Trinajstić information content (AvgIpc) is 2.93. The van der Waals surface area contributed by atoms with Gasteiger partial charge in [0, 0.05) is 36.6 Å². The Morgan fingerprint density at radius 2 is 1.77 bits per heavy atom. The van der Waals surface area contributed by atoms with Gasteiger partial charge in [-0.3, -0.25) is 13.9 Å². The fourth-order valence-corrected chi connectivity index (χ4v) is 6.34. The van der Waals surface area contributed by atoms with Crippen LogP contribution in [0.15, 0.2) is 42.5 Å². The molecule has 1 atom stereocenters. The number of nitrogens with zero attached hydrogens (tertiary/aromatic N) is 2. The van der Waals surface area contributed by atoms with Crippen molar-refractivity contribution in [3.8, 4) is 11.5 Å². The molecule has 0 spiro atoms. The van der Waals surface area contributed by atoms with Gasteiger partial charge in [0.15, 0.2) is 11.5 Å². The van der Waals surface area contributed by atoms with Crippen LogP contribution in [0.5, 0.6) is 11.5 Å². The van der Waals surface area contributed by atoms with Crippen LogP contribution >= 0.6 is 11.6 Å². The Kier molecular flexibility index (Phi) is 10.2. The fourth-order valence-electron chi connectivity index (χ4n) is 5.17. The maximum atomic E-state index is 13.5. The molecule has 1 N–H and O–H groups in total. The molecule has 0 unspecified atom stereocenters. The highest BCUT2D eigenvalue weighted by molar-refractivity contribution is 7.92. The van der Waals surface area contributed by atoms with Crippen LogP contribution in [-0.4, -0.2) is 63.2 Å². The van der Waals surface area contributed by atoms with E-state index in [0.717, 1.165) is 37.5 Å². The molecule has 0 radical (unpaired) electrons. The van der Waals surface area contributed by atoms with Gasteiger partial charge in [0.05, 0.1) is 11.9 Å². The first kappa shape index (κ1) is 30.0. The van der Waals surface area contributed by atoms with Crippen LogP contribution in [0.3, 0.4) is 0 Å². The highest BCUT2D eigenvalue weighted by Gasteiger charge is 2.29. The van der Waals surface area contributed by atoms with Crippen LogP contribution in [0.4, 0.5) is 5.69 Å². The number of anilines is 1. The Balaban J connectivity index is 1.45. The van der Waals surface area contributed by atoms with E-state index >= 15 is 0 Å². The number of sulfonamides is 1. The molecule has 1 saturated carbocycles. The molecule has 1 fully saturated rings. The van der Waals surface area contributed by atoms with Crippen molar-refractivity contribution in [1.82, 2.24) is 10.2 Å². The Morgan fingerprint density at radius 1 is 1.05 bits per heavy atom. The Morgan fingerprint density at radius 3 is 2.48 bits per heavy atom. The van der Waals surface area contributed by atoms with Crippen LogP contribution in [0.1, 0.15) is 57.4 Å². The zero-order chi connectivity index (χ0) is 28.7. The average molecular weight is 592 g/mol. The first-order chi connectivity index (χ1) is 19.1. The molecule has 2 amide bonds. The van der Waals surface area contributed by atoms with Gasteiger partial charge >= 0.3 is 0 Å². The molecule has 2 aromatic rings. The summed E-state index contributed by atoms with van der Waals surface area (Å²) >= 11 is 6.18. The van der Waals surface area contributed by atoms with Crippen molar-refractivity contribution in [2.24, 2.45) is 0 Å². The number of hydrogen-bond donors (Lipinski definition) is 1. The Bertz CT molecular complexity index is 1300. The predicted octanol–water partition coefficient (Wildman–Crippen LogP) is 4.52. The zero-order valence-electron chi connectivity index (χ0n) is 23.1. The van der Waals surface area contributed by atoms with Crippen molar-refractivity contribution in [1.29, 1.82) is 0 Å². The second kappa shape index (κ2) is 13.6. The third-order valence-corrected chi connectivity index (χ3v) is 8.76. The maximum Gasteiger partial charge on any atom is 0.242 e. The van der Waals surface area contributed by atoms with Gasteiger partial charge in [-0.15, -0.1) is 0 Å². The number of carbonyl (C=O) groups excluding carboxylic acids is 2. The number of halogens is 1. The SMILES string of the molecule is C[C@@H](C(=O)NC1CCCCC1)N(Cc1cccc(Cl)c1)C(=O)CCCN(c1ccc2c(c1)OCCO2)S(C)(=O)=O. The van der Waals surface area contributed by atoms with E-state index in [-0.39, 0.29) is 43.8 Å². The molecule has 9 nitrogen and oxygen atoms in total. The number of carbonyl (C=O) groups is 2. The molecular weight excluding hydrogens is 554 g/mol. The van der Waals surface area contributed by atoms with Gasteiger partial charge in [-0.2, -0.15) is 0 Å². The van der Waals surface area contributed by atoms with Crippen molar-refractivity contribution >= 4 is 39.1 Å². The van der Waals surface area contributed by atoms with Gasteiger partial charge in [-0.1, -0.05) is 43.0 Å². The minimum Gasteiger partial charge on any atom is -0.486 e. The largest absolute Gasteiger partial charge is 0.486 e. The van der Waals surface area contributed by atoms with E-state index in [1.165, 1.54) is 10.7 Å². The molecule has 218 valence electrons. The highest BCUT2D eigenvalue weighted by atomic mass is 35.5.